The second-order valence-corrected chi connectivity index (χ2v) is 8.31. The lowest BCUT2D eigenvalue weighted by atomic mass is 9.80. The van der Waals surface area contributed by atoms with E-state index in [1.807, 2.05) is 0 Å². The summed E-state index contributed by atoms with van der Waals surface area (Å²) in [5, 5.41) is 0. The summed E-state index contributed by atoms with van der Waals surface area (Å²) in [6.07, 6.45) is 10.6. The molecule has 142 valence electrons. The van der Waals surface area contributed by atoms with Gasteiger partial charge in [-0.15, -0.1) is 0 Å². The zero-order valence-corrected chi connectivity index (χ0v) is 17.0. The molecule has 1 atom stereocenters. The van der Waals surface area contributed by atoms with Crippen LogP contribution in [0.15, 0.2) is 24.3 Å². The number of hydrogen-bond acceptors (Lipinski definition) is 2. The number of rotatable bonds is 10. The van der Waals surface area contributed by atoms with E-state index in [1.165, 1.54) is 63.5 Å². The van der Waals surface area contributed by atoms with Crippen LogP contribution < -0.4 is 4.74 Å². The van der Waals surface area contributed by atoms with Crippen LogP contribution in [0.3, 0.4) is 0 Å². The second-order valence-electron chi connectivity index (χ2n) is 8.31. The predicted octanol–water partition coefficient (Wildman–Crippen LogP) is 6.19. The summed E-state index contributed by atoms with van der Waals surface area (Å²) in [6.45, 7) is 12.4. The van der Waals surface area contributed by atoms with Gasteiger partial charge in [0, 0.05) is 12.6 Å². The molecule has 0 aromatic heterocycles. The molecule has 1 aliphatic heterocycles. The molecule has 1 fully saturated rings. The maximum atomic E-state index is 6.03. The van der Waals surface area contributed by atoms with E-state index in [4.69, 9.17) is 4.74 Å². The number of nitrogens with zero attached hydrogens (tertiary/aromatic N) is 1. The molecule has 1 heterocycles. The maximum Gasteiger partial charge on any atom is 0.119 e. The minimum atomic E-state index is 0.260. The van der Waals surface area contributed by atoms with Gasteiger partial charge >= 0.3 is 0 Å². The fourth-order valence-corrected chi connectivity index (χ4v) is 4.06. The summed E-state index contributed by atoms with van der Waals surface area (Å²) in [5.41, 5.74) is 1.69. The molecule has 2 nitrogen and oxygen atoms in total. The highest BCUT2D eigenvalue weighted by molar-refractivity contribution is 5.31. The smallest absolute Gasteiger partial charge is 0.119 e. The molecule has 1 aliphatic rings. The van der Waals surface area contributed by atoms with Crippen molar-refractivity contribution in [1.82, 2.24) is 4.90 Å². The van der Waals surface area contributed by atoms with Gasteiger partial charge in [-0.25, -0.2) is 0 Å². The topological polar surface area (TPSA) is 12.5 Å². The van der Waals surface area contributed by atoms with Crippen LogP contribution in [0.4, 0.5) is 0 Å². The molecule has 0 spiro atoms. The highest BCUT2D eigenvalue weighted by Crippen LogP contribution is 2.30. The summed E-state index contributed by atoms with van der Waals surface area (Å²) in [7, 11) is 0. The van der Waals surface area contributed by atoms with E-state index in [1.54, 1.807) is 0 Å². The Labute approximate surface area is 156 Å². The van der Waals surface area contributed by atoms with Crippen LogP contribution in [0.2, 0.25) is 0 Å². The normalized spacial score (nSPS) is 19.1. The second kappa shape index (κ2) is 10.2. The number of piperidine rings is 1. The van der Waals surface area contributed by atoms with E-state index >= 15 is 0 Å². The number of unbranched alkanes of at least 4 members (excludes halogenated alkanes) is 2. The lowest BCUT2D eigenvalue weighted by Crippen LogP contribution is -2.41. The Morgan fingerprint density at radius 3 is 2.52 bits per heavy atom. The highest BCUT2D eigenvalue weighted by atomic mass is 16.5. The van der Waals surface area contributed by atoms with Gasteiger partial charge in [0.25, 0.3) is 0 Å². The zero-order chi connectivity index (χ0) is 18.1. The molecular weight excluding hydrogens is 306 g/mol. The van der Waals surface area contributed by atoms with Crippen LogP contribution >= 0.6 is 0 Å². The van der Waals surface area contributed by atoms with Crippen LogP contribution in [0.5, 0.6) is 5.75 Å². The van der Waals surface area contributed by atoms with Crippen molar-refractivity contribution in [2.45, 2.75) is 90.5 Å². The summed E-state index contributed by atoms with van der Waals surface area (Å²) in [6, 6.07) is 9.60. The fourth-order valence-electron chi connectivity index (χ4n) is 4.06. The summed E-state index contributed by atoms with van der Waals surface area (Å²) in [4.78, 5) is 2.62. The van der Waals surface area contributed by atoms with Gasteiger partial charge in [-0.2, -0.15) is 0 Å². The standard InChI is InChI=1S/C23H39NO/c1-5-7-9-16-23(3,4)20-12-14-22(15-13-20)25-19-18-24-17-10-8-11-21(24)6-2/h12-15,21H,5-11,16-19H2,1-4H3. The first-order valence-corrected chi connectivity index (χ1v) is 10.5. The van der Waals surface area contributed by atoms with Gasteiger partial charge in [0.1, 0.15) is 12.4 Å². The Hall–Kier alpha value is -1.02. The Kier molecular flexibility index (Phi) is 8.29. The van der Waals surface area contributed by atoms with Gasteiger partial charge in [-0.3, -0.25) is 4.90 Å². The molecule has 0 N–H and O–H groups in total. The van der Waals surface area contributed by atoms with Crippen molar-refractivity contribution in [2.24, 2.45) is 0 Å². The number of likely N-dealkylation sites (tertiary alicyclic amines) is 1. The Morgan fingerprint density at radius 2 is 1.84 bits per heavy atom. The maximum absolute atomic E-state index is 6.03. The van der Waals surface area contributed by atoms with Crippen molar-refractivity contribution in [3.05, 3.63) is 29.8 Å². The van der Waals surface area contributed by atoms with Crippen LogP contribution in [-0.4, -0.2) is 30.6 Å². The first kappa shape index (κ1) is 20.3. The van der Waals surface area contributed by atoms with Crippen molar-refractivity contribution in [2.75, 3.05) is 19.7 Å². The molecule has 0 saturated carbocycles. The fraction of sp³-hybridized carbons (Fsp3) is 0.739. The van der Waals surface area contributed by atoms with Crippen molar-refractivity contribution in [1.29, 1.82) is 0 Å². The summed E-state index contributed by atoms with van der Waals surface area (Å²) < 4.78 is 6.03. The molecule has 1 aromatic rings. The van der Waals surface area contributed by atoms with Crippen LogP contribution in [0, 0.1) is 0 Å². The van der Waals surface area contributed by atoms with Gasteiger partial charge in [0.05, 0.1) is 0 Å². The molecular formula is C23H39NO. The molecule has 2 heteroatoms. The quantitative estimate of drug-likeness (QED) is 0.469. The van der Waals surface area contributed by atoms with Gasteiger partial charge in [-0.1, -0.05) is 65.5 Å². The van der Waals surface area contributed by atoms with E-state index in [0.29, 0.717) is 0 Å². The molecule has 25 heavy (non-hydrogen) atoms. The van der Waals surface area contributed by atoms with Crippen molar-refractivity contribution in [3.8, 4) is 5.75 Å². The Morgan fingerprint density at radius 1 is 1.08 bits per heavy atom. The van der Waals surface area contributed by atoms with Gasteiger partial charge in [-0.05, 0) is 55.3 Å². The lowest BCUT2D eigenvalue weighted by molar-refractivity contribution is 0.120. The molecule has 0 bridgehead atoms. The molecule has 2 rings (SSSR count). The third-order valence-corrected chi connectivity index (χ3v) is 5.91. The van der Waals surface area contributed by atoms with E-state index in [0.717, 1.165) is 24.9 Å². The SMILES string of the molecule is CCCCCC(C)(C)c1ccc(OCCN2CCCCC2CC)cc1. The van der Waals surface area contributed by atoms with E-state index in [2.05, 4.69) is 56.9 Å². The number of benzene rings is 1. The molecule has 1 aromatic carbocycles. The third kappa shape index (κ3) is 6.33. The van der Waals surface area contributed by atoms with Crippen molar-refractivity contribution in [3.63, 3.8) is 0 Å². The van der Waals surface area contributed by atoms with Crippen molar-refractivity contribution >= 4 is 0 Å². The number of ether oxygens (including phenoxy) is 1. The largest absolute Gasteiger partial charge is 0.492 e. The van der Waals surface area contributed by atoms with E-state index in [-0.39, 0.29) is 5.41 Å². The van der Waals surface area contributed by atoms with Crippen molar-refractivity contribution < 1.29 is 4.74 Å². The monoisotopic (exact) mass is 345 g/mol. The minimum Gasteiger partial charge on any atom is -0.492 e. The van der Waals surface area contributed by atoms with Crippen LogP contribution in [0.1, 0.15) is 84.6 Å². The van der Waals surface area contributed by atoms with Gasteiger partial charge in [0.15, 0.2) is 0 Å². The first-order chi connectivity index (χ1) is 12.1. The molecule has 1 saturated heterocycles. The first-order valence-electron chi connectivity index (χ1n) is 10.5. The average molecular weight is 346 g/mol. The molecule has 0 aliphatic carbocycles. The van der Waals surface area contributed by atoms with Gasteiger partial charge < -0.3 is 4.74 Å². The summed E-state index contributed by atoms with van der Waals surface area (Å²) >= 11 is 0. The minimum absolute atomic E-state index is 0.260. The zero-order valence-electron chi connectivity index (χ0n) is 17.0. The third-order valence-electron chi connectivity index (χ3n) is 5.91. The molecule has 0 radical (unpaired) electrons. The predicted molar refractivity (Wildman–Crippen MR) is 109 cm³/mol. The average Bonchev–Trinajstić information content (AvgIpc) is 2.63. The molecule has 1 unspecified atom stereocenters. The molecule has 0 amide bonds. The Bertz CT molecular complexity index is 479. The van der Waals surface area contributed by atoms with Crippen LogP contribution in [-0.2, 0) is 5.41 Å². The van der Waals surface area contributed by atoms with Crippen LogP contribution in [0.25, 0.3) is 0 Å². The number of hydrogen-bond donors (Lipinski definition) is 0. The Balaban J connectivity index is 1.79. The van der Waals surface area contributed by atoms with E-state index < -0.39 is 0 Å². The summed E-state index contributed by atoms with van der Waals surface area (Å²) in [5.74, 6) is 1.01. The highest BCUT2D eigenvalue weighted by Gasteiger charge is 2.21. The van der Waals surface area contributed by atoms with Gasteiger partial charge in [0.2, 0.25) is 0 Å². The lowest BCUT2D eigenvalue weighted by Gasteiger charge is -2.35. The van der Waals surface area contributed by atoms with E-state index in [9.17, 15) is 0 Å².